The van der Waals surface area contributed by atoms with E-state index in [1.165, 1.54) is 64.2 Å². The van der Waals surface area contributed by atoms with Crippen molar-refractivity contribution >= 4 is 11.9 Å². The summed E-state index contributed by atoms with van der Waals surface area (Å²) in [6.07, 6.45) is 21.8. The first-order valence-corrected chi connectivity index (χ1v) is 16.4. The molecule has 0 amide bonds. The summed E-state index contributed by atoms with van der Waals surface area (Å²) in [5, 5.41) is 0. The van der Waals surface area contributed by atoms with E-state index in [4.69, 9.17) is 23.7 Å². The molecule has 1 aliphatic carbocycles. The zero-order valence-corrected chi connectivity index (χ0v) is 24.6. The van der Waals surface area contributed by atoms with Crippen LogP contribution in [-0.4, -0.2) is 61.8 Å². The topological polar surface area (TPSA) is 90.2 Å². The Morgan fingerprint density at radius 1 is 0.538 bits per heavy atom. The van der Waals surface area contributed by atoms with Crippen LogP contribution in [0.25, 0.3) is 0 Å². The van der Waals surface area contributed by atoms with E-state index in [0.29, 0.717) is 50.5 Å². The van der Waals surface area contributed by atoms with Gasteiger partial charge < -0.3 is 23.7 Å². The number of esters is 2. The minimum atomic E-state index is -0.430. The van der Waals surface area contributed by atoms with Crippen LogP contribution in [0.2, 0.25) is 0 Å². The lowest BCUT2D eigenvalue weighted by atomic mass is 9.79. The lowest BCUT2D eigenvalue weighted by Crippen LogP contribution is -2.37. The number of fused-ring (bicyclic) bond motifs is 1. The van der Waals surface area contributed by atoms with Gasteiger partial charge in [-0.15, -0.1) is 0 Å². The van der Waals surface area contributed by atoms with Gasteiger partial charge in [0.15, 0.2) is 0 Å². The van der Waals surface area contributed by atoms with Gasteiger partial charge in [-0.25, -0.2) is 0 Å². The summed E-state index contributed by atoms with van der Waals surface area (Å²) in [6.45, 7) is 5.25. The van der Waals surface area contributed by atoms with Gasteiger partial charge in [0.1, 0.15) is 0 Å². The van der Waals surface area contributed by atoms with Crippen molar-refractivity contribution in [1.82, 2.24) is 0 Å². The number of carbonyl (C=O) groups excluding carboxylic acids is 2. The fourth-order valence-electron chi connectivity index (χ4n) is 6.40. The van der Waals surface area contributed by atoms with E-state index in [1.54, 1.807) is 0 Å². The molecule has 0 radical (unpaired) electrons. The highest BCUT2D eigenvalue weighted by atomic mass is 16.6. The molecule has 0 aromatic heterocycles. The molecule has 3 saturated heterocycles. The van der Waals surface area contributed by atoms with Crippen LogP contribution in [0.1, 0.15) is 129 Å². The second-order valence-corrected chi connectivity index (χ2v) is 12.3. The number of hydrogen-bond donors (Lipinski definition) is 0. The van der Waals surface area contributed by atoms with Crippen LogP contribution in [-0.2, 0) is 33.3 Å². The van der Waals surface area contributed by atoms with Crippen LogP contribution in [0.15, 0.2) is 0 Å². The van der Waals surface area contributed by atoms with Gasteiger partial charge in [0.25, 0.3) is 0 Å². The van der Waals surface area contributed by atoms with E-state index >= 15 is 0 Å². The molecule has 0 N–H and O–H groups in total. The van der Waals surface area contributed by atoms with E-state index in [-0.39, 0.29) is 24.1 Å². The Morgan fingerprint density at radius 3 is 1.31 bits per heavy atom. The Morgan fingerprint density at radius 2 is 0.923 bits per heavy atom. The molecule has 7 heteroatoms. The molecule has 7 nitrogen and oxygen atoms in total. The van der Waals surface area contributed by atoms with Crippen molar-refractivity contribution in [2.24, 2.45) is 11.8 Å². The Balaban J connectivity index is 0.993. The van der Waals surface area contributed by atoms with Crippen molar-refractivity contribution < 1.29 is 33.3 Å². The molecule has 224 valence electrons. The first kappa shape index (κ1) is 30.8. The third kappa shape index (κ3) is 10.6. The van der Waals surface area contributed by atoms with Gasteiger partial charge in [-0.3, -0.25) is 9.59 Å². The summed E-state index contributed by atoms with van der Waals surface area (Å²) in [7, 11) is 0. The van der Waals surface area contributed by atoms with Gasteiger partial charge in [-0.05, 0) is 51.4 Å². The molecule has 3 aliphatic heterocycles. The third-order valence-corrected chi connectivity index (χ3v) is 9.19. The summed E-state index contributed by atoms with van der Waals surface area (Å²) in [6, 6.07) is 0. The quantitative estimate of drug-likeness (QED) is 0.0843. The summed E-state index contributed by atoms with van der Waals surface area (Å²) in [5.41, 5.74) is 0. The molecule has 4 aliphatic rings. The highest BCUT2D eigenvalue weighted by Crippen LogP contribution is 2.44. The summed E-state index contributed by atoms with van der Waals surface area (Å²) in [4.78, 5) is 25.7. The molecule has 39 heavy (non-hydrogen) atoms. The zero-order valence-electron chi connectivity index (χ0n) is 24.6. The van der Waals surface area contributed by atoms with Gasteiger partial charge in [0.05, 0.1) is 61.7 Å². The smallest absolute Gasteiger partial charge is 0.309 e. The lowest BCUT2D eigenvalue weighted by Gasteiger charge is -2.26. The Labute approximate surface area is 236 Å². The maximum absolute atomic E-state index is 12.8. The molecule has 3 heterocycles. The fourth-order valence-corrected chi connectivity index (χ4v) is 6.40. The van der Waals surface area contributed by atoms with Crippen molar-refractivity contribution in [3.05, 3.63) is 0 Å². The van der Waals surface area contributed by atoms with E-state index < -0.39 is 11.8 Å². The van der Waals surface area contributed by atoms with Crippen LogP contribution in [0.4, 0.5) is 0 Å². The molecule has 4 rings (SSSR count). The maximum Gasteiger partial charge on any atom is 0.309 e. The molecule has 0 aromatic rings. The van der Waals surface area contributed by atoms with Gasteiger partial charge in [-0.1, -0.05) is 78.1 Å². The van der Waals surface area contributed by atoms with Crippen molar-refractivity contribution in [1.29, 1.82) is 0 Å². The van der Waals surface area contributed by atoms with E-state index in [0.717, 1.165) is 38.5 Å². The normalized spacial score (nSPS) is 32.4. The zero-order chi connectivity index (χ0) is 27.5. The Hall–Kier alpha value is -1.18. The molecule has 4 fully saturated rings. The predicted octanol–water partition coefficient (Wildman–Crippen LogP) is 6.68. The van der Waals surface area contributed by atoms with Crippen molar-refractivity contribution in [3.63, 3.8) is 0 Å². The summed E-state index contributed by atoms with van der Waals surface area (Å²) < 4.78 is 28.1. The van der Waals surface area contributed by atoms with Crippen molar-refractivity contribution in [2.45, 2.75) is 166 Å². The number of carbonyl (C=O) groups is 2. The number of unbranched alkanes of at least 4 members (excludes halogenated alkanes) is 10. The van der Waals surface area contributed by atoms with Crippen molar-refractivity contribution in [3.8, 4) is 0 Å². The standard InChI is InChI=1S/C32H54O7/c1-3-25-27(37-25)17-13-9-5-7-11-15-19-35-31(33)23-21-29-30(39-29)22-24(23)32(34)36-20-16-12-8-6-10-14-18-28-26(4-2)38-28/h23-30H,3-22H2,1-2H3. The first-order chi connectivity index (χ1) is 19.1. The predicted molar refractivity (Wildman–Crippen MR) is 149 cm³/mol. The van der Waals surface area contributed by atoms with Gasteiger partial charge in [-0.2, -0.15) is 0 Å². The molecule has 8 atom stereocenters. The SMILES string of the molecule is CCC1OC1CCCCCCCCOC(=O)C1CC2OC2CC1C(=O)OCCCCCCCCC1OC1CC. The monoisotopic (exact) mass is 550 g/mol. The maximum atomic E-state index is 12.8. The third-order valence-electron chi connectivity index (χ3n) is 9.19. The van der Waals surface area contributed by atoms with Crippen LogP contribution in [0.5, 0.6) is 0 Å². The van der Waals surface area contributed by atoms with Crippen LogP contribution in [0, 0.1) is 11.8 Å². The highest BCUT2D eigenvalue weighted by Gasteiger charge is 2.53. The molecule has 0 bridgehead atoms. The van der Waals surface area contributed by atoms with E-state index in [9.17, 15) is 9.59 Å². The largest absolute Gasteiger partial charge is 0.465 e. The minimum Gasteiger partial charge on any atom is -0.465 e. The second kappa shape index (κ2) is 16.3. The summed E-state index contributed by atoms with van der Waals surface area (Å²) >= 11 is 0. The molecule has 0 aromatic carbocycles. The fraction of sp³-hybridized carbons (Fsp3) is 0.938. The van der Waals surface area contributed by atoms with Crippen LogP contribution < -0.4 is 0 Å². The van der Waals surface area contributed by atoms with Crippen LogP contribution >= 0.6 is 0 Å². The van der Waals surface area contributed by atoms with E-state index in [2.05, 4.69) is 13.8 Å². The second-order valence-electron chi connectivity index (χ2n) is 12.3. The van der Waals surface area contributed by atoms with Gasteiger partial charge in [0.2, 0.25) is 0 Å². The highest BCUT2D eigenvalue weighted by molar-refractivity contribution is 5.82. The Bertz CT molecular complexity index is 682. The van der Waals surface area contributed by atoms with Crippen LogP contribution in [0.3, 0.4) is 0 Å². The van der Waals surface area contributed by atoms with Gasteiger partial charge >= 0.3 is 11.9 Å². The molecular formula is C32H54O7. The average Bonchev–Trinajstić information content (AvgIpc) is 3.84. The molecular weight excluding hydrogens is 496 g/mol. The number of ether oxygens (including phenoxy) is 5. The minimum absolute atomic E-state index is 0.111. The summed E-state index contributed by atoms with van der Waals surface area (Å²) in [5.74, 6) is -1.36. The Kier molecular flexibility index (Phi) is 12.9. The molecule has 1 saturated carbocycles. The van der Waals surface area contributed by atoms with E-state index in [1.807, 2.05) is 0 Å². The molecule has 0 spiro atoms. The first-order valence-electron chi connectivity index (χ1n) is 16.4. The van der Waals surface area contributed by atoms with Gasteiger partial charge in [0, 0.05) is 0 Å². The molecule has 8 unspecified atom stereocenters. The average molecular weight is 551 g/mol. The lowest BCUT2D eigenvalue weighted by molar-refractivity contribution is -0.162. The number of epoxide rings is 3. The van der Waals surface area contributed by atoms with Crippen molar-refractivity contribution in [2.75, 3.05) is 13.2 Å². The number of rotatable bonds is 22. The number of hydrogen-bond acceptors (Lipinski definition) is 7.